The summed E-state index contributed by atoms with van der Waals surface area (Å²) in [5, 5.41) is 15.8. The zero-order chi connectivity index (χ0) is 9.68. The summed E-state index contributed by atoms with van der Waals surface area (Å²) < 4.78 is 0. The Morgan fingerprint density at radius 2 is 2.54 bits per heavy atom. The van der Waals surface area contributed by atoms with Crippen LogP contribution in [0.25, 0.3) is 0 Å². The molecule has 0 radical (unpaired) electrons. The van der Waals surface area contributed by atoms with Gasteiger partial charge in [-0.05, 0) is 10.1 Å². The van der Waals surface area contributed by atoms with Gasteiger partial charge < -0.3 is 10.1 Å². The van der Waals surface area contributed by atoms with E-state index in [0.717, 1.165) is 6.33 Å². The molecule has 1 heterocycles. The van der Waals surface area contributed by atoms with Gasteiger partial charge in [-0.2, -0.15) is 10.1 Å². The molecule has 0 unspecified atom stereocenters. The van der Waals surface area contributed by atoms with Crippen LogP contribution < -0.4 is 5.43 Å². The summed E-state index contributed by atoms with van der Waals surface area (Å²) in [6, 6.07) is 0. The van der Waals surface area contributed by atoms with Crippen LogP contribution in [0, 0.1) is 15.0 Å². The summed E-state index contributed by atoms with van der Waals surface area (Å²) in [4.78, 5) is 25.0. The lowest BCUT2D eigenvalue weighted by molar-refractivity contribution is -0.388. The second-order valence-electron chi connectivity index (χ2n) is 1.82. The van der Waals surface area contributed by atoms with Crippen LogP contribution in [0.4, 0.5) is 11.6 Å². The molecule has 1 aromatic rings. The highest BCUT2D eigenvalue weighted by molar-refractivity contribution is 5.58. The minimum atomic E-state index is -0.667. The molecule has 0 amide bonds. The van der Waals surface area contributed by atoms with E-state index in [-0.39, 0.29) is 11.6 Å². The minimum Gasteiger partial charge on any atom is -0.358 e. The zero-order valence-electron chi connectivity index (χ0n) is 6.17. The Labute approximate surface area is 71.0 Å². The summed E-state index contributed by atoms with van der Waals surface area (Å²) >= 11 is 0. The van der Waals surface area contributed by atoms with Gasteiger partial charge in [0.2, 0.25) is 5.82 Å². The van der Waals surface area contributed by atoms with Gasteiger partial charge in [0.25, 0.3) is 0 Å². The second kappa shape index (κ2) is 3.90. The summed E-state index contributed by atoms with van der Waals surface area (Å²) in [6.45, 7) is 0. The lowest BCUT2D eigenvalue weighted by Gasteiger charge is -1.93. The Balaban J connectivity index is 2.76. The van der Waals surface area contributed by atoms with Crippen LogP contribution in [0.5, 0.6) is 0 Å². The molecule has 0 atom stereocenters. The number of H-pyrrole nitrogens is 1. The average Bonchev–Trinajstić information content (AvgIpc) is 2.53. The third kappa shape index (κ3) is 2.05. The molecule has 0 saturated heterocycles. The fourth-order valence-electron chi connectivity index (χ4n) is 0.622. The number of anilines is 1. The number of nitrogens with zero attached hydrogens (tertiary/aromatic N) is 4. The van der Waals surface area contributed by atoms with Crippen molar-refractivity contribution in [3.8, 4) is 0 Å². The highest BCUT2D eigenvalue weighted by Crippen LogP contribution is 2.17. The molecule has 9 heteroatoms. The van der Waals surface area contributed by atoms with E-state index in [0.29, 0.717) is 6.34 Å². The lowest BCUT2D eigenvalue weighted by atomic mass is 10.7. The first kappa shape index (κ1) is 8.77. The number of nitrogens with one attached hydrogen (secondary N) is 2. The van der Waals surface area contributed by atoms with Gasteiger partial charge in [0, 0.05) is 0 Å². The Bertz CT molecular complexity index is 343. The predicted octanol–water partition coefficient (Wildman–Crippen LogP) is 0.439. The van der Waals surface area contributed by atoms with E-state index >= 15 is 0 Å². The van der Waals surface area contributed by atoms with E-state index in [1.165, 1.54) is 0 Å². The van der Waals surface area contributed by atoms with Crippen molar-refractivity contribution in [2.45, 2.75) is 0 Å². The van der Waals surface area contributed by atoms with Crippen LogP contribution in [0.3, 0.4) is 0 Å². The predicted molar refractivity (Wildman–Crippen MR) is 43.2 cm³/mol. The van der Waals surface area contributed by atoms with E-state index < -0.39 is 4.92 Å². The zero-order valence-corrected chi connectivity index (χ0v) is 6.17. The first-order chi connectivity index (χ1) is 6.25. The van der Waals surface area contributed by atoms with Crippen molar-refractivity contribution < 1.29 is 4.92 Å². The van der Waals surface area contributed by atoms with E-state index in [9.17, 15) is 15.0 Å². The first-order valence-corrected chi connectivity index (χ1v) is 3.03. The Morgan fingerprint density at radius 3 is 3.15 bits per heavy atom. The smallest absolute Gasteiger partial charge is 0.358 e. The highest BCUT2D eigenvalue weighted by Gasteiger charge is 2.13. The van der Waals surface area contributed by atoms with Gasteiger partial charge in [0.15, 0.2) is 12.7 Å². The summed E-state index contributed by atoms with van der Waals surface area (Å²) in [5.74, 6) is -0.409. The monoisotopic (exact) mass is 184 g/mol. The molecule has 9 nitrogen and oxygen atoms in total. The van der Waals surface area contributed by atoms with Crippen LogP contribution in [0.15, 0.2) is 16.6 Å². The Hall–Kier alpha value is -2.32. The lowest BCUT2D eigenvalue weighted by Crippen LogP contribution is -1.95. The van der Waals surface area contributed by atoms with Crippen molar-refractivity contribution in [1.29, 1.82) is 0 Å². The van der Waals surface area contributed by atoms with Crippen LogP contribution >= 0.6 is 0 Å². The van der Waals surface area contributed by atoms with Gasteiger partial charge in [0.05, 0.1) is 0 Å². The van der Waals surface area contributed by atoms with Crippen LogP contribution in [-0.2, 0) is 0 Å². The third-order valence-electron chi connectivity index (χ3n) is 1.08. The maximum absolute atomic E-state index is 10.3. The number of aromatic nitrogens is 2. The fourth-order valence-corrected chi connectivity index (χ4v) is 0.622. The number of hydrazone groups is 1. The number of hydrogen-bond donors (Lipinski definition) is 2. The number of hydrogen-bond acceptors (Lipinski definition) is 6. The molecule has 0 aromatic carbocycles. The summed E-state index contributed by atoms with van der Waals surface area (Å²) in [6.07, 6.45) is 1.79. The van der Waals surface area contributed by atoms with Gasteiger partial charge in [-0.15, -0.1) is 4.91 Å². The Morgan fingerprint density at radius 1 is 1.77 bits per heavy atom. The normalized spacial score (nSPS) is 10.2. The molecule has 68 valence electrons. The molecule has 0 aliphatic carbocycles. The van der Waals surface area contributed by atoms with E-state index in [4.69, 9.17) is 0 Å². The maximum atomic E-state index is 10.3. The number of aromatic amines is 1. The molecule has 1 aromatic heterocycles. The highest BCUT2D eigenvalue weighted by atomic mass is 16.6. The first-order valence-electron chi connectivity index (χ1n) is 3.03. The number of imidazole rings is 1. The molecular formula is C4H4N6O3. The molecule has 2 N–H and O–H groups in total. The average molecular weight is 184 g/mol. The van der Waals surface area contributed by atoms with Crippen molar-refractivity contribution in [3.05, 3.63) is 21.3 Å². The van der Waals surface area contributed by atoms with E-state index in [2.05, 4.69) is 25.7 Å². The van der Waals surface area contributed by atoms with E-state index in [1.54, 1.807) is 0 Å². The number of nitro groups is 1. The van der Waals surface area contributed by atoms with Crippen molar-refractivity contribution in [1.82, 2.24) is 9.97 Å². The molecule has 0 fully saturated rings. The van der Waals surface area contributed by atoms with Gasteiger partial charge in [-0.25, -0.2) is 4.98 Å². The van der Waals surface area contributed by atoms with Gasteiger partial charge >= 0.3 is 5.82 Å². The molecular weight excluding hydrogens is 180 g/mol. The molecule has 0 spiro atoms. The fraction of sp³-hybridized carbons (Fsp3) is 0. The third-order valence-corrected chi connectivity index (χ3v) is 1.08. The molecule has 1 rings (SSSR count). The van der Waals surface area contributed by atoms with Crippen LogP contribution in [0.1, 0.15) is 0 Å². The molecule has 0 bridgehead atoms. The van der Waals surface area contributed by atoms with Crippen molar-refractivity contribution in [3.63, 3.8) is 0 Å². The maximum Gasteiger partial charge on any atom is 0.366 e. The SMILES string of the molecule is O=N/C=N/Nc1nc[nH]c1[N+](=O)[O-]. The van der Waals surface area contributed by atoms with Crippen molar-refractivity contribution >= 4 is 18.0 Å². The summed E-state index contributed by atoms with van der Waals surface area (Å²) in [5.41, 5.74) is 2.17. The van der Waals surface area contributed by atoms with Crippen LogP contribution in [-0.4, -0.2) is 21.2 Å². The van der Waals surface area contributed by atoms with Crippen molar-refractivity contribution in [2.24, 2.45) is 10.3 Å². The Kier molecular flexibility index (Phi) is 2.63. The summed E-state index contributed by atoms with van der Waals surface area (Å²) in [7, 11) is 0. The quantitative estimate of drug-likeness (QED) is 0.231. The largest absolute Gasteiger partial charge is 0.366 e. The number of nitroso groups, excluding NO2 is 1. The van der Waals surface area contributed by atoms with Gasteiger partial charge in [0.1, 0.15) is 0 Å². The molecule has 0 saturated carbocycles. The number of rotatable bonds is 4. The molecule has 13 heavy (non-hydrogen) atoms. The van der Waals surface area contributed by atoms with Crippen molar-refractivity contribution in [2.75, 3.05) is 5.43 Å². The molecule has 0 aliphatic heterocycles. The van der Waals surface area contributed by atoms with Crippen LogP contribution in [0.2, 0.25) is 0 Å². The minimum absolute atomic E-state index is 0.0788. The van der Waals surface area contributed by atoms with Gasteiger partial charge in [-0.3, -0.25) is 5.43 Å². The standard InChI is InChI=1S/C4H4N6O3/c11-8-2-7-9-3-4(10(12)13)6-1-5-3/h1-2,9H,(H,5,6)/b7-2+. The molecule has 0 aliphatic rings. The van der Waals surface area contributed by atoms with Gasteiger partial charge in [-0.1, -0.05) is 0 Å². The topological polar surface area (TPSA) is 126 Å². The van der Waals surface area contributed by atoms with E-state index in [1.807, 2.05) is 0 Å². The second-order valence-corrected chi connectivity index (χ2v) is 1.82.